The Balaban J connectivity index is 2.49. The van der Waals surface area contributed by atoms with Crippen molar-refractivity contribution < 1.29 is 4.79 Å². The van der Waals surface area contributed by atoms with Gasteiger partial charge in [0.05, 0.1) is 6.04 Å². The van der Waals surface area contributed by atoms with Gasteiger partial charge in [-0.2, -0.15) is 0 Å². The molecule has 0 radical (unpaired) electrons. The fourth-order valence-corrected chi connectivity index (χ4v) is 1.77. The SMILES string of the molecule is CCC(C)[C@H](N)C(=O)N1CCCNCC1. The Kier molecular flexibility index (Phi) is 5.05. The molecule has 1 saturated heterocycles. The summed E-state index contributed by atoms with van der Waals surface area (Å²) in [5.41, 5.74) is 5.94. The quantitative estimate of drug-likeness (QED) is 0.703. The molecule has 1 rings (SSSR count). The van der Waals surface area contributed by atoms with Crippen molar-refractivity contribution in [1.82, 2.24) is 10.2 Å². The van der Waals surface area contributed by atoms with Crippen LogP contribution in [0.4, 0.5) is 0 Å². The summed E-state index contributed by atoms with van der Waals surface area (Å²) >= 11 is 0. The van der Waals surface area contributed by atoms with Crippen molar-refractivity contribution in [3.05, 3.63) is 0 Å². The standard InChI is InChI=1S/C11H23N3O/c1-3-9(2)10(12)11(15)14-7-4-5-13-6-8-14/h9-10,13H,3-8,12H2,1-2H3/t9?,10-/m0/s1. The molecule has 1 unspecified atom stereocenters. The Labute approximate surface area is 92.2 Å². The lowest BCUT2D eigenvalue weighted by Crippen LogP contribution is -2.48. The molecule has 3 N–H and O–H groups in total. The van der Waals surface area contributed by atoms with Gasteiger partial charge in [-0.05, 0) is 18.9 Å². The van der Waals surface area contributed by atoms with E-state index >= 15 is 0 Å². The van der Waals surface area contributed by atoms with Gasteiger partial charge in [-0.15, -0.1) is 0 Å². The van der Waals surface area contributed by atoms with E-state index in [-0.39, 0.29) is 17.9 Å². The molecule has 1 heterocycles. The Morgan fingerprint density at radius 1 is 1.47 bits per heavy atom. The third-order valence-corrected chi connectivity index (χ3v) is 3.19. The molecule has 0 aromatic rings. The van der Waals surface area contributed by atoms with Crippen LogP contribution in [0, 0.1) is 5.92 Å². The number of hydrogen-bond donors (Lipinski definition) is 2. The predicted octanol–water partition coefficient (Wildman–Crippen LogP) is 0.182. The third-order valence-electron chi connectivity index (χ3n) is 3.19. The summed E-state index contributed by atoms with van der Waals surface area (Å²) in [6.07, 6.45) is 1.98. The second kappa shape index (κ2) is 6.08. The molecule has 88 valence electrons. The third kappa shape index (κ3) is 3.47. The second-order valence-corrected chi connectivity index (χ2v) is 4.34. The van der Waals surface area contributed by atoms with E-state index in [0.29, 0.717) is 0 Å². The van der Waals surface area contributed by atoms with E-state index in [4.69, 9.17) is 5.73 Å². The summed E-state index contributed by atoms with van der Waals surface area (Å²) < 4.78 is 0. The number of nitrogens with zero attached hydrogens (tertiary/aromatic N) is 1. The predicted molar refractivity (Wildman–Crippen MR) is 61.5 cm³/mol. The minimum atomic E-state index is -0.326. The zero-order valence-corrected chi connectivity index (χ0v) is 9.83. The number of amides is 1. The molecule has 0 saturated carbocycles. The van der Waals surface area contributed by atoms with Crippen molar-refractivity contribution >= 4 is 5.91 Å². The van der Waals surface area contributed by atoms with Crippen LogP contribution >= 0.6 is 0 Å². The first kappa shape index (κ1) is 12.5. The maximum absolute atomic E-state index is 12.0. The van der Waals surface area contributed by atoms with E-state index in [9.17, 15) is 4.79 Å². The monoisotopic (exact) mass is 213 g/mol. The Morgan fingerprint density at radius 3 is 2.87 bits per heavy atom. The van der Waals surface area contributed by atoms with Crippen LogP contribution in [0.2, 0.25) is 0 Å². The van der Waals surface area contributed by atoms with E-state index in [1.165, 1.54) is 0 Å². The summed E-state index contributed by atoms with van der Waals surface area (Å²) in [6.45, 7) is 7.64. The lowest BCUT2D eigenvalue weighted by molar-refractivity contribution is -0.133. The van der Waals surface area contributed by atoms with Crippen molar-refractivity contribution in [2.45, 2.75) is 32.7 Å². The van der Waals surface area contributed by atoms with E-state index in [1.54, 1.807) is 0 Å². The normalized spacial score (nSPS) is 21.9. The van der Waals surface area contributed by atoms with Gasteiger partial charge in [-0.1, -0.05) is 20.3 Å². The topological polar surface area (TPSA) is 58.4 Å². The van der Waals surface area contributed by atoms with Crippen molar-refractivity contribution in [2.24, 2.45) is 11.7 Å². The van der Waals surface area contributed by atoms with Crippen LogP contribution in [0.25, 0.3) is 0 Å². The minimum absolute atomic E-state index is 0.119. The van der Waals surface area contributed by atoms with Gasteiger partial charge in [0.1, 0.15) is 0 Å². The first-order chi connectivity index (χ1) is 7.16. The zero-order valence-electron chi connectivity index (χ0n) is 9.83. The van der Waals surface area contributed by atoms with E-state index in [2.05, 4.69) is 12.2 Å². The smallest absolute Gasteiger partial charge is 0.239 e. The molecule has 0 aliphatic carbocycles. The van der Waals surface area contributed by atoms with Gasteiger partial charge in [0.25, 0.3) is 0 Å². The molecule has 0 aromatic heterocycles. The lowest BCUT2D eigenvalue weighted by Gasteiger charge is -2.26. The number of hydrogen-bond acceptors (Lipinski definition) is 3. The zero-order chi connectivity index (χ0) is 11.3. The summed E-state index contributed by atoms with van der Waals surface area (Å²) in [7, 11) is 0. The molecule has 1 fully saturated rings. The number of nitrogens with two attached hydrogens (primary N) is 1. The van der Waals surface area contributed by atoms with Crippen molar-refractivity contribution in [3.8, 4) is 0 Å². The largest absolute Gasteiger partial charge is 0.340 e. The number of rotatable bonds is 3. The molecule has 0 bridgehead atoms. The Bertz CT molecular complexity index is 200. The molecule has 1 aliphatic heterocycles. The summed E-state index contributed by atoms with van der Waals surface area (Å²) in [4.78, 5) is 13.9. The summed E-state index contributed by atoms with van der Waals surface area (Å²) in [5, 5.41) is 3.28. The average Bonchev–Trinajstić information content (AvgIpc) is 2.54. The Hall–Kier alpha value is -0.610. The second-order valence-electron chi connectivity index (χ2n) is 4.34. The molecule has 1 aliphatic rings. The fourth-order valence-electron chi connectivity index (χ4n) is 1.77. The van der Waals surface area contributed by atoms with E-state index in [1.807, 2.05) is 11.8 Å². The first-order valence-corrected chi connectivity index (χ1v) is 5.92. The van der Waals surface area contributed by atoms with Gasteiger partial charge in [0.2, 0.25) is 5.91 Å². The highest BCUT2D eigenvalue weighted by Crippen LogP contribution is 2.09. The minimum Gasteiger partial charge on any atom is -0.340 e. The molecule has 4 heteroatoms. The van der Waals surface area contributed by atoms with Gasteiger partial charge in [-0.3, -0.25) is 4.79 Å². The molecule has 15 heavy (non-hydrogen) atoms. The van der Waals surface area contributed by atoms with Crippen molar-refractivity contribution in [1.29, 1.82) is 0 Å². The summed E-state index contributed by atoms with van der Waals surface area (Å²) in [6, 6.07) is -0.326. The van der Waals surface area contributed by atoms with Crippen molar-refractivity contribution in [3.63, 3.8) is 0 Å². The van der Waals surface area contributed by atoms with Crippen LogP contribution in [-0.2, 0) is 4.79 Å². The molecule has 4 nitrogen and oxygen atoms in total. The lowest BCUT2D eigenvalue weighted by atomic mass is 9.99. The van der Waals surface area contributed by atoms with Crippen LogP contribution < -0.4 is 11.1 Å². The van der Waals surface area contributed by atoms with Crippen LogP contribution in [0.3, 0.4) is 0 Å². The van der Waals surface area contributed by atoms with E-state index in [0.717, 1.165) is 39.0 Å². The van der Waals surface area contributed by atoms with Gasteiger partial charge in [0.15, 0.2) is 0 Å². The maximum atomic E-state index is 12.0. The van der Waals surface area contributed by atoms with E-state index < -0.39 is 0 Å². The van der Waals surface area contributed by atoms with Crippen LogP contribution in [-0.4, -0.2) is 43.0 Å². The van der Waals surface area contributed by atoms with Crippen LogP contribution in [0.5, 0.6) is 0 Å². The van der Waals surface area contributed by atoms with Gasteiger partial charge < -0.3 is 16.0 Å². The number of nitrogens with one attached hydrogen (secondary N) is 1. The average molecular weight is 213 g/mol. The van der Waals surface area contributed by atoms with Crippen LogP contribution in [0.15, 0.2) is 0 Å². The number of carbonyl (C=O) groups is 1. The van der Waals surface area contributed by atoms with Gasteiger partial charge in [0, 0.05) is 19.6 Å². The molecular formula is C11H23N3O. The molecular weight excluding hydrogens is 190 g/mol. The number of carbonyl (C=O) groups excluding carboxylic acids is 1. The fraction of sp³-hybridized carbons (Fsp3) is 0.909. The Morgan fingerprint density at radius 2 is 2.20 bits per heavy atom. The molecule has 0 spiro atoms. The molecule has 1 amide bonds. The molecule has 0 aromatic carbocycles. The highest BCUT2D eigenvalue weighted by Gasteiger charge is 2.25. The van der Waals surface area contributed by atoms with Crippen molar-refractivity contribution in [2.75, 3.05) is 26.2 Å². The first-order valence-electron chi connectivity index (χ1n) is 5.92. The van der Waals surface area contributed by atoms with Gasteiger partial charge >= 0.3 is 0 Å². The van der Waals surface area contributed by atoms with Gasteiger partial charge in [-0.25, -0.2) is 0 Å². The maximum Gasteiger partial charge on any atom is 0.239 e. The van der Waals surface area contributed by atoms with Crippen LogP contribution in [0.1, 0.15) is 26.7 Å². The summed E-state index contributed by atoms with van der Waals surface area (Å²) in [5.74, 6) is 0.391. The highest BCUT2D eigenvalue weighted by molar-refractivity contribution is 5.82. The highest BCUT2D eigenvalue weighted by atomic mass is 16.2. The molecule has 2 atom stereocenters.